The molecule has 0 aromatic carbocycles. The van der Waals surface area contributed by atoms with E-state index in [0.29, 0.717) is 0 Å². The van der Waals surface area contributed by atoms with Crippen molar-refractivity contribution >= 4 is 0 Å². The van der Waals surface area contributed by atoms with Crippen molar-refractivity contribution in [3.63, 3.8) is 0 Å². The van der Waals surface area contributed by atoms with Crippen LogP contribution in [0.15, 0.2) is 12.4 Å². The zero-order chi connectivity index (χ0) is 15.9. The molecule has 128 valence electrons. The minimum atomic E-state index is 1.28. The molecule has 0 spiro atoms. The Kier molecular flexibility index (Phi) is 12.2. The maximum absolute atomic E-state index is 3.33. The topological polar surface area (TPSA) is 15.8 Å². The van der Waals surface area contributed by atoms with Crippen LogP contribution in [0.3, 0.4) is 0 Å². The Hall–Kier alpha value is -0.720. The lowest BCUT2D eigenvalue weighted by atomic mass is 10.00. The van der Waals surface area contributed by atoms with E-state index >= 15 is 0 Å². The molecule has 0 saturated carbocycles. The lowest BCUT2D eigenvalue weighted by molar-refractivity contribution is 0.587. The first kappa shape index (κ1) is 19.3. The Morgan fingerprint density at radius 3 is 1.32 bits per heavy atom. The molecule has 0 aliphatic carbocycles. The maximum atomic E-state index is 3.33. The molecular formula is C21H39N. The van der Waals surface area contributed by atoms with Gasteiger partial charge in [0.05, 0.1) is 0 Å². The number of H-pyrrole nitrogens is 1. The normalized spacial score (nSPS) is 11.2. The van der Waals surface area contributed by atoms with Gasteiger partial charge in [-0.3, -0.25) is 0 Å². The highest BCUT2D eigenvalue weighted by molar-refractivity contribution is 5.23. The molecule has 0 fully saturated rings. The van der Waals surface area contributed by atoms with Crippen molar-refractivity contribution < 1.29 is 0 Å². The van der Waals surface area contributed by atoms with E-state index in [9.17, 15) is 0 Å². The molecule has 1 rings (SSSR count). The van der Waals surface area contributed by atoms with Crippen molar-refractivity contribution in [1.29, 1.82) is 0 Å². The lowest BCUT2D eigenvalue weighted by Crippen LogP contribution is -1.92. The van der Waals surface area contributed by atoms with E-state index in [2.05, 4.69) is 31.2 Å². The quantitative estimate of drug-likeness (QED) is 0.329. The van der Waals surface area contributed by atoms with Gasteiger partial charge in [-0.05, 0) is 36.8 Å². The summed E-state index contributed by atoms with van der Waals surface area (Å²) >= 11 is 0. The van der Waals surface area contributed by atoms with E-state index < -0.39 is 0 Å². The molecule has 0 saturated heterocycles. The largest absolute Gasteiger partial charge is 0.367 e. The van der Waals surface area contributed by atoms with Crippen LogP contribution in [-0.4, -0.2) is 4.98 Å². The summed E-state index contributed by atoms with van der Waals surface area (Å²) in [5.41, 5.74) is 3.17. The van der Waals surface area contributed by atoms with Crippen molar-refractivity contribution in [2.45, 2.75) is 110 Å². The van der Waals surface area contributed by atoms with E-state index in [0.717, 1.165) is 0 Å². The number of aromatic amines is 1. The van der Waals surface area contributed by atoms with Crippen LogP contribution in [0, 0.1) is 0 Å². The van der Waals surface area contributed by atoms with Crippen LogP contribution in [0.25, 0.3) is 0 Å². The Bertz CT molecular complexity index is 339. The molecule has 1 heteroatoms. The molecule has 0 amide bonds. The lowest BCUT2D eigenvalue weighted by Gasteiger charge is -2.05. The second kappa shape index (κ2) is 13.9. The van der Waals surface area contributed by atoms with Gasteiger partial charge in [-0.25, -0.2) is 0 Å². The molecule has 0 aliphatic rings. The molecule has 1 aromatic rings. The fraction of sp³-hybridized carbons (Fsp3) is 0.810. The summed E-state index contributed by atoms with van der Waals surface area (Å²) in [7, 11) is 0. The molecule has 1 heterocycles. The Morgan fingerprint density at radius 2 is 0.909 bits per heavy atom. The van der Waals surface area contributed by atoms with Crippen molar-refractivity contribution in [2.75, 3.05) is 0 Å². The zero-order valence-electron chi connectivity index (χ0n) is 15.3. The van der Waals surface area contributed by atoms with Crippen LogP contribution in [0.2, 0.25) is 0 Å². The average molecular weight is 306 g/mol. The predicted molar refractivity (Wildman–Crippen MR) is 99.6 cm³/mol. The fourth-order valence-electron chi connectivity index (χ4n) is 3.26. The van der Waals surface area contributed by atoms with Crippen molar-refractivity contribution in [3.05, 3.63) is 23.5 Å². The highest BCUT2D eigenvalue weighted by atomic mass is 14.6. The average Bonchev–Trinajstić information content (AvgIpc) is 2.97. The SMILES string of the molecule is CCCCCCCCCc1c[nH]cc1CCCCCCCC. The second-order valence-electron chi connectivity index (χ2n) is 6.89. The molecule has 1 N–H and O–H groups in total. The third-order valence-electron chi connectivity index (χ3n) is 4.78. The van der Waals surface area contributed by atoms with Crippen LogP contribution in [0.5, 0.6) is 0 Å². The standard InChI is InChI=1S/C21H39N/c1-3-5-7-9-11-13-15-17-21-19-22-18-20(21)16-14-12-10-8-6-4-2/h18-19,22H,3-17H2,1-2H3. The van der Waals surface area contributed by atoms with Gasteiger partial charge in [-0.1, -0.05) is 84.5 Å². The Morgan fingerprint density at radius 1 is 0.545 bits per heavy atom. The first-order valence-electron chi connectivity index (χ1n) is 10.0. The number of hydrogen-bond donors (Lipinski definition) is 1. The van der Waals surface area contributed by atoms with Crippen molar-refractivity contribution in [1.82, 2.24) is 4.98 Å². The summed E-state index contributed by atoms with van der Waals surface area (Å²) in [6, 6.07) is 0. The van der Waals surface area contributed by atoms with Crippen LogP contribution in [0.4, 0.5) is 0 Å². The van der Waals surface area contributed by atoms with Crippen LogP contribution in [0.1, 0.15) is 108 Å². The Labute approximate surface area is 139 Å². The van der Waals surface area contributed by atoms with Crippen LogP contribution >= 0.6 is 0 Å². The third kappa shape index (κ3) is 9.33. The van der Waals surface area contributed by atoms with Crippen LogP contribution in [-0.2, 0) is 12.8 Å². The van der Waals surface area contributed by atoms with Gasteiger partial charge in [0.1, 0.15) is 0 Å². The van der Waals surface area contributed by atoms with Gasteiger partial charge in [0.2, 0.25) is 0 Å². The second-order valence-corrected chi connectivity index (χ2v) is 6.89. The molecule has 1 aromatic heterocycles. The van der Waals surface area contributed by atoms with E-state index in [-0.39, 0.29) is 0 Å². The third-order valence-corrected chi connectivity index (χ3v) is 4.78. The fourth-order valence-corrected chi connectivity index (χ4v) is 3.26. The Balaban J connectivity index is 2.06. The van der Waals surface area contributed by atoms with Gasteiger partial charge in [0, 0.05) is 12.4 Å². The minimum absolute atomic E-state index is 1.28. The molecule has 0 unspecified atom stereocenters. The molecule has 0 radical (unpaired) electrons. The van der Waals surface area contributed by atoms with Gasteiger partial charge in [0.25, 0.3) is 0 Å². The monoisotopic (exact) mass is 305 g/mol. The van der Waals surface area contributed by atoms with Crippen LogP contribution < -0.4 is 0 Å². The summed E-state index contributed by atoms with van der Waals surface area (Å²) in [4.78, 5) is 3.33. The number of aryl methyl sites for hydroxylation is 2. The number of hydrogen-bond acceptors (Lipinski definition) is 0. The zero-order valence-corrected chi connectivity index (χ0v) is 15.3. The van der Waals surface area contributed by atoms with Crippen molar-refractivity contribution in [3.8, 4) is 0 Å². The molecule has 0 aliphatic heterocycles. The number of nitrogens with one attached hydrogen (secondary N) is 1. The molecular weight excluding hydrogens is 266 g/mol. The summed E-state index contributed by atoms with van der Waals surface area (Å²) in [6.07, 6.45) is 25.3. The van der Waals surface area contributed by atoms with Crippen molar-refractivity contribution in [2.24, 2.45) is 0 Å². The van der Waals surface area contributed by atoms with Gasteiger partial charge in [-0.15, -0.1) is 0 Å². The minimum Gasteiger partial charge on any atom is -0.367 e. The maximum Gasteiger partial charge on any atom is 0.00401 e. The number of unbranched alkanes of at least 4 members (excludes halogenated alkanes) is 11. The molecule has 22 heavy (non-hydrogen) atoms. The predicted octanol–water partition coefficient (Wildman–Crippen LogP) is 7.21. The van der Waals surface area contributed by atoms with Gasteiger partial charge in [0.15, 0.2) is 0 Å². The molecule has 1 nitrogen and oxygen atoms in total. The summed E-state index contributed by atoms with van der Waals surface area (Å²) in [5, 5.41) is 0. The first-order chi connectivity index (χ1) is 10.9. The van der Waals surface area contributed by atoms with E-state index in [1.165, 1.54) is 96.3 Å². The van der Waals surface area contributed by atoms with E-state index in [4.69, 9.17) is 0 Å². The molecule has 0 bridgehead atoms. The van der Waals surface area contributed by atoms with E-state index in [1.807, 2.05) is 0 Å². The molecule has 0 atom stereocenters. The van der Waals surface area contributed by atoms with Gasteiger partial charge in [-0.2, -0.15) is 0 Å². The highest BCUT2D eigenvalue weighted by Gasteiger charge is 2.03. The summed E-state index contributed by atoms with van der Waals surface area (Å²) in [5.74, 6) is 0. The summed E-state index contributed by atoms with van der Waals surface area (Å²) in [6.45, 7) is 4.58. The van der Waals surface area contributed by atoms with E-state index in [1.54, 1.807) is 11.1 Å². The number of rotatable bonds is 15. The highest BCUT2D eigenvalue weighted by Crippen LogP contribution is 2.17. The number of aromatic nitrogens is 1. The van der Waals surface area contributed by atoms with Gasteiger partial charge < -0.3 is 4.98 Å². The first-order valence-corrected chi connectivity index (χ1v) is 10.0. The summed E-state index contributed by atoms with van der Waals surface area (Å²) < 4.78 is 0. The van der Waals surface area contributed by atoms with Gasteiger partial charge >= 0.3 is 0 Å². The smallest absolute Gasteiger partial charge is 0.00401 e.